The van der Waals surface area contributed by atoms with Crippen molar-refractivity contribution in [3.63, 3.8) is 0 Å². The Kier molecular flexibility index (Phi) is 3.71. The molecule has 9 heteroatoms. The first-order chi connectivity index (χ1) is 13.4. The third-order valence-corrected chi connectivity index (χ3v) is 5.82. The second-order valence-corrected chi connectivity index (χ2v) is 8.16. The molecule has 0 spiro atoms. The Balaban J connectivity index is 1.79. The fourth-order valence-corrected chi connectivity index (χ4v) is 4.31. The monoisotopic (exact) mass is 397 g/mol. The van der Waals surface area contributed by atoms with Crippen LogP contribution in [0.4, 0.5) is 0 Å². The van der Waals surface area contributed by atoms with E-state index in [2.05, 4.69) is 4.98 Å². The lowest BCUT2D eigenvalue weighted by molar-refractivity contribution is 0.174. The highest BCUT2D eigenvalue weighted by Gasteiger charge is 2.31. The van der Waals surface area contributed by atoms with E-state index in [4.69, 9.17) is 14.6 Å². The third-order valence-electron chi connectivity index (χ3n) is 4.85. The molecule has 0 fully saturated rings. The molecule has 5 rings (SSSR count). The Hall–Kier alpha value is -2.93. The molecule has 2 N–H and O–H groups in total. The maximum atomic E-state index is 11.8. The molecular weight excluding hydrogens is 381 g/mol. The van der Waals surface area contributed by atoms with Crippen molar-refractivity contribution in [3.05, 3.63) is 70.7 Å². The predicted octanol–water partition coefficient (Wildman–Crippen LogP) is 1.93. The van der Waals surface area contributed by atoms with Crippen LogP contribution < -0.4 is 14.9 Å². The minimum atomic E-state index is -4.51. The summed E-state index contributed by atoms with van der Waals surface area (Å²) >= 11 is 0. The van der Waals surface area contributed by atoms with E-state index in [0.29, 0.717) is 35.1 Å². The van der Waals surface area contributed by atoms with Crippen LogP contribution in [0.2, 0.25) is 0 Å². The van der Waals surface area contributed by atoms with Crippen molar-refractivity contribution >= 4 is 18.7 Å². The number of hydrogen-bond donors (Lipinski definition) is 2. The quantitative estimate of drug-likeness (QED) is 0.501. The number of ether oxygens (including phenoxy) is 2. The zero-order valence-electron chi connectivity index (χ0n) is 14.9. The topological polar surface area (TPSA) is 106 Å². The Bertz CT molecular complexity index is 1180. The SMILES string of the molecule is Cc1c(P(=O)(O)O)nc2n1N=C(c1ccccc1)c1cc3c(cc1C2)OCO3. The van der Waals surface area contributed by atoms with E-state index < -0.39 is 7.60 Å². The summed E-state index contributed by atoms with van der Waals surface area (Å²) in [7, 11) is -4.51. The number of benzene rings is 2. The van der Waals surface area contributed by atoms with Gasteiger partial charge >= 0.3 is 7.60 Å². The van der Waals surface area contributed by atoms with Crippen LogP contribution in [-0.2, 0) is 11.0 Å². The van der Waals surface area contributed by atoms with Crippen LogP contribution in [0.15, 0.2) is 47.6 Å². The summed E-state index contributed by atoms with van der Waals surface area (Å²) in [5.41, 5.74) is 3.39. The van der Waals surface area contributed by atoms with Crippen molar-refractivity contribution in [1.29, 1.82) is 0 Å². The molecule has 0 unspecified atom stereocenters. The van der Waals surface area contributed by atoms with Gasteiger partial charge in [0.25, 0.3) is 0 Å². The summed E-state index contributed by atoms with van der Waals surface area (Å²) < 4.78 is 24.4. The molecule has 2 aromatic carbocycles. The summed E-state index contributed by atoms with van der Waals surface area (Å²) in [4.78, 5) is 23.5. The second kappa shape index (κ2) is 6.04. The van der Waals surface area contributed by atoms with Crippen LogP contribution >= 0.6 is 7.60 Å². The Labute approximate surface area is 160 Å². The lowest BCUT2D eigenvalue weighted by Crippen LogP contribution is -2.12. The summed E-state index contributed by atoms with van der Waals surface area (Å²) in [5, 5.41) is 4.74. The van der Waals surface area contributed by atoms with Crippen LogP contribution in [-0.4, -0.2) is 32.0 Å². The van der Waals surface area contributed by atoms with E-state index in [1.54, 1.807) is 6.92 Å². The van der Waals surface area contributed by atoms with Crippen molar-refractivity contribution < 1.29 is 23.8 Å². The highest BCUT2D eigenvalue weighted by Crippen LogP contribution is 2.39. The van der Waals surface area contributed by atoms with Crippen LogP contribution in [0.1, 0.15) is 28.2 Å². The summed E-state index contributed by atoms with van der Waals surface area (Å²) in [6, 6.07) is 13.4. The minimum Gasteiger partial charge on any atom is -0.454 e. The van der Waals surface area contributed by atoms with Crippen molar-refractivity contribution in [2.24, 2.45) is 5.10 Å². The minimum absolute atomic E-state index is 0.159. The van der Waals surface area contributed by atoms with E-state index in [9.17, 15) is 14.4 Å². The zero-order chi connectivity index (χ0) is 19.5. The molecule has 0 saturated heterocycles. The van der Waals surface area contributed by atoms with Gasteiger partial charge in [-0.25, -0.2) is 9.66 Å². The highest BCUT2D eigenvalue weighted by molar-refractivity contribution is 7.60. The van der Waals surface area contributed by atoms with Crippen LogP contribution in [0.25, 0.3) is 0 Å². The van der Waals surface area contributed by atoms with Gasteiger partial charge in [-0.3, -0.25) is 4.57 Å². The van der Waals surface area contributed by atoms with Crippen molar-refractivity contribution in [2.45, 2.75) is 13.3 Å². The first-order valence-corrected chi connectivity index (χ1v) is 10.2. The number of hydrogen-bond acceptors (Lipinski definition) is 5. The molecule has 28 heavy (non-hydrogen) atoms. The molecule has 0 atom stereocenters. The molecule has 3 aromatic rings. The van der Waals surface area contributed by atoms with Gasteiger partial charge in [-0.15, -0.1) is 0 Å². The molecule has 3 heterocycles. The maximum Gasteiger partial charge on any atom is 0.376 e. The van der Waals surface area contributed by atoms with Gasteiger partial charge in [-0.05, 0) is 24.6 Å². The van der Waals surface area contributed by atoms with Gasteiger partial charge in [0.05, 0.1) is 11.4 Å². The van der Waals surface area contributed by atoms with Crippen LogP contribution in [0, 0.1) is 6.92 Å². The van der Waals surface area contributed by atoms with Crippen LogP contribution in [0.3, 0.4) is 0 Å². The van der Waals surface area contributed by atoms with Crippen LogP contribution in [0.5, 0.6) is 11.5 Å². The van der Waals surface area contributed by atoms with Gasteiger partial charge in [0.2, 0.25) is 6.79 Å². The van der Waals surface area contributed by atoms with Gasteiger partial charge in [-0.1, -0.05) is 30.3 Å². The third kappa shape index (κ3) is 2.65. The number of fused-ring (bicyclic) bond motifs is 3. The van der Waals surface area contributed by atoms with Crippen molar-refractivity contribution in [2.75, 3.05) is 6.79 Å². The fourth-order valence-electron chi connectivity index (χ4n) is 3.55. The maximum absolute atomic E-state index is 11.8. The number of rotatable bonds is 2. The molecule has 0 aliphatic carbocycles. The Morgan fingerprint density at radius 3 is 2.54 bits per heavy atom. The number of aromatic nitrogens is 2. The van der Waals surface area contributed by atoms with Crippen molar-refractivity contribution in [1.82, 2.24) is 9.66 Å². The summed E-state index contributed by atoms with van der Waals surface area (Å²) in [6.07, 6.45) is 0.354. The largest absolute Gasteiger partial charge is 0.454 e. The Morgan fingerprint density at radius 1 is 1.11 bits per heavy atom. The van der Waals surface area contributed by atoms with Crippen molar-refractivity contribution in [3.8, 4) is 11.5 Å². The molecule has 0 bridgehead atoms. The number of imidazole rings is 1. The highest BCUT2D eigenvalue weighted by atomic mass is 31.2. The van der Waals surface area contributed by atoms with Gasteiger partial charge in [0.15, 0.2) is 16.9 Å². The van der Waals surface area contributed by atoms with E-state index in [1.807, 2.05) is 42.5 Å². The average molecular weight is 397 g/mol. The second-order valence-electron chi connectivity index (χ2n) is 6.65. The molecule has 0 saturated carbocycles. The molecule has 2 aliphatic heterocycles. The van der Waals surface area contributed by atoms with E-state index in [-0.39, 0.29) is 12.2 Å². The van der Waals surface area contributed by atoms with Gasteiger partial charge in [0, 0.05) is 17.5 Å². The molecule has 1 aromatic heterocycles. The lowest BCUT2D eigenvalue weighted by atomic mass is 9.95. The molecule has 2 aliphatic rings. The number of nitrogens with zero attached hydrogens (tertiary/aromatic N) is 3. The van der Waals surface area contributed by atoms with Gasteiger partial charge in [0.1, 0.15) is 5.82 Å². The standard InChI is InChI=1S/C19H16N3O5P/c1-11-19(28(23,24)25)20-17-8-13-7-15-16(27-10-26-15)9-14(13)18(21-22(11)17)12-5-3-2-4-6-12/h2-7,9H,8,10H2,1H3,(H2,23,24,25). The zero-order valence-corrected chi connectivity index (χ0v) is 15.8. The average Bonchev–Trinajstić information content (AvgIpc) is 3.19. The Morgan fingerprint density at radius 2 is 1.82 bits per heavy atom. The fraction of sp³-hybridized carbons (Fsp3) is 0.158. The van der Waals surface area contributed by atoms with E-state index in [1.165, 1.54) is 4.68 Å². The van der Waals surface area contributed by atoms with E-state index in [0.717, 1.165) is 16.7 Å². The molecular formula is C19H16N3O5P. The molecule has 142 valence electrons. The first-order valence-electron chi connectivity index (χ1n) is 8.63. The molecule has 0 radical (unpaired) electrons. The summed E-state index contributed by atoms with van der Waals surface area (Å²) in [5.74, 6) is 1.74. The summed E-state index contributed by atoms with van der Waals surface area (Å²) in [6.45, 7) is 1.77. The first kappa shape index (κ1) is 17.2. The lowest BCUT2D eigenvalue weighted by Gasteiger charge is -2.11. The predicted molar refractivity (Wildman–Crippen MR) is 101 cm³/mol. The molecule has 0 amide bonds. The van der Waals surface area contributed by atoms with Gasteiger partial charge in [-0.2, -0.15) is 5.10 Å². The normalized spacial score (nSPS) is 14.9. The van der Waals surface area contributed by atoms with E-state index >= 15 is 0 Å². The van der Waals surface area contributed by atoms with Gasteiger partial charge < -0.3 is 19.3 Å². The molecule has 8 nitrogen and oxygen atoms in total. The smallest absolute Gasteiger partial charge is 0.376 e.